The lowest BCUT2D eigenvalue weighted by Crippen LogP contribution is -2.20. The highest BCUT2D eigenvalue weighted by Crippen LogP contribution is 2.17. The predicted molar refractivity (Wildman–Crippen MR) is 51.4 cm³/mol. The quantitative estimate of drug-likeness (QED) is 0.761. The molecule has 2 heterocycles. The molecule has 2 aromatic rings. The first kappa shape index (κ1) is 9.05. The average molecular weight is 192 g/mol. The maximum absolute atomic E-state index is 9.74. The van der Waals surface area contributed by atoms with Gasteiger partial charge in [0.25, 0.3) is 0 Å². The Morgan fingerprint density at radius 3 is 1.21 bits per heavy atom. The summed E-state index contributed by atoms with van der Waals surface area (Å²) in [6.45, 7) is 0. The monoisotopic (exact) mass is 192 g/mol. The van der Waals surface area contributed by atoms with Crippen LogP contribution in [0.1, 0.15) is 12.5 Å². The third-order valence-corrected chi connectivity index (χ3v) is 2.13. The minimum Gasteiger partial charge on any atom is -0.369 e. The Morgan fingerprint density at radius 1 is 0.643 bits per heavy atom. The second-order valence-electron chi connectivity index (χ2n) is 3.09. The Bertz CT molecular complexity index is 328. The molecule has 0 aliphatic carbocycles. The van der Waals surface area contributed by atoms with Crippen molar-refractivity contribution in [3.05, 3.63) is 49.1 Å². The van der Waals surface area contributed by atoms with Crippen LogP contribution in [0.4, 0.5) is 0 Å². The van der Waals surface area contributed by atoms with Gasteiger partial charge in [-0.05, 0) is 24.3 Å². The second-order valence-corrected chi connectivity index (χ2v) is 3.09. The summed E-state index contributed by atoms with van der Waals surface area (Å²) in [5.41, 5.74) is 0. The lowest BCUT2D eigenvalue weighted by Gasteiger charge is -2.20. The number of nitrogens with zero attached hydrogens (tertiary/aromatic N) is 2. The molecular formula is C10H12N2O2. The Kier molecular flexibility index (Phi) is 2.39. The zero-order chi connectivity index (χ0) is 9.97. The molecule has 0 aliphatic heterocycles. The Morgan fingerprint density at radius 2 is 0.929 bits per heavy atom. The first-order valence-corrected chi connectivity index (χ1v) is 4.40. The van der Waals surface area contributed by atoms with Gasteiger partial charge < -0.3 is 19.3 Å². The molecular weight excluding hydrogens is 180 g/mol. The minimum atomic E-state index is -0.961. The molecule has 0 radical (unpaired) electrons. The number of rotatable bonds is 3. The van der Waals surface area contributed by atoms with Gasteiger partial charge in [0.15, 0.2) is 12.5 Å². The average Bonchev–Trinajstić information content (AvgIpc) is 2.87. The highest BCUT2D eigenvalue weighted by molar-refractivity contribution is 4.95. The summed E-state index contributed by atoms with van der Waals surface area (Å²) in [6.07, 6.45) is 4.90. The van der Waals surface area contributed by atoms with E-state index >= 15 is 0 Å². The van der Waals surface area contributed by atoms with E-state index in [9.17, 15) is 10.2 Å². The van der Waals surface area contributed by atoms with E-state index in [2.05, 4.69) is 0 Å². The molecule has 0 aromatic carbocycles. The van der Waals surface area contributed by atoms with Crippen LogP contribution in [0.3, 0.4) is 0 Å². The van der Waals surface area contributed by atoms with Gasteiger partial charge >= 0.3 is 0 Å². The van der Waals surface area contributed by atoms with E-state index in [-0.39, 0.29) is 0 Å². The SMILES string of the molecule is OC(C(O)n1cccc1)n1cccc1. The minimum absolute atomic E-state index is 0.961. The van der Waals surface area contributed by atoms with Crippen LogP contribution in [0.2, 0.25) is 0 Å². The van der Waals surface area contributed by atoms with Crippen molar-refractivity contribution >= 4 is 0 Å². The molecule has 0 bridgehead atoms. The molecule has 0 amide bonds. The Hall–Kier alpha value is -1.52. The highest BCUT2D eigenvalue weighted by atomic mass is 16.4. The first-order chi connectivity index (χ1) is 6.79. The van der Waals surface area contributed by atoms with E-state index in [4.69, 9.17) is 0 Å². The third-order valence-electron chi connectivity index (χ3n) is 2.13. The molecule has 74 valence electrons. The summed E-state index contributed by atoms with van der Waals surface area (Å²) < 4.78 is 3.09. The van der Waals surface area contributed by atoms with Crippen LogP contribution >= 0.6 is 0 Å². The molecule has 2 aromatic heterocycles. The lowest BCUT2D eigenvalue weighted by molar-refractivity contribution is -0.0706. The van der Waals surface area contributed by atoms with Crippen LogP contribution < -0.4 is 0 Å². The summed E-state index contributed by atoms with van der Waals surface area (Å²) in [5.74, 6) is 0. The van der Waals surface area contributed by atoms with Crippen molar-refractivity contribution in [1.29, 1.82) is 0 Å². The van der Waals surface area contributed by atoms with Gasteiger partial charge in [-0.3, -0.25) is 0 Å². The molecule has 0 fully saturated rings. The van der Waals surface area contributed by atoms with Crippen molar-refractivity contribution in [2.75, 3.05) is 0 Å². The summed E-state index contributed by atoms with van der Waals surface area (Å²) in [6, 6.07) is 7.19. The fourth-order valence-corrected chi connectivity index (χ4v) is 1.36. The normalized spacial score (nSPS) is 15.3. The number of hydrogen-bond donors (Lipinski definition) is 2. The molecule has 0 spiro atoms. The topological polar surface area (TPSA) is 50.3 Å². The third kappa shape index (κ3) is 1.57. The van der Waals surface area contributed by atoms with Gasteiger partial charge in [-0.2, -0.15) is 0 Å². The maximum atomic E-state index is 9.74. The largest absolute Gasteiger partial charge is 0.369 e. The second kappa shape index (κ2) is 3.69. The van der Waals surface area contributed by atoms with Crippen LogP contribution in [0.5, 0.6) is 0 Å². The van der Waals surface area contributed by atoms with Crippen LogP contribution in [0.15, 0.2) is 49.1 Å². The zero-order valence-corrected chi connectivity index (χ0v) is 7.56. The smallest absolute Gasteiger partial charge is 0.176 e. The summed E-state index contributed by atoms with van der Waals surface area (Å²) in [7, 11) is 0. The predicted octanol–water partition coefficient (Wildman–Crippen LogP) is 0.972. The number of aliphatic hydroxyl groups excluding tert-OH is 2. The highest BCUT2D eigenvalue weighted by Gasteiger charge is 2.17. The fourth-order valence-electron chi connectivity index (χ4n) is 1.36. The van der Waals surface area contributed by atoms with E-state index < -0.39 is 12.5 Å². The summed E-state index contributed by atoms with van der Waals surface area (Å²) in [5, 5.41) is 19.5. The van der Waals surface area contributed by atoms with Crippen LogP contribution in [-0.2, 0) is 0 Å². The van der Waals surface area contributed by atoms with Crippen LogP contribution in [0.25, 0.3) is 0 Å². The van der Waals surface area contributed by atoms with E-state index in [1.54, 1.807) is 58.2 Å². The summed E-state index contributed by atoms with van der Waals surface area (Å²) >= 11 is 0. The fraction of sp³-hybridized carbons (Fsp3) is 0.200. The molecule has 4 heteroatoms. The van der Waals surface area contributed by atoms with Gasteiger partial charge in [-0.25, -0.2) is 0 Å². The van der Waals surface area contributed by atoms with Crippen molar-refractivity contribution in [2.24, 2.45) is 0 Å². The number of aliphatic hydroxyl groups is 2. The van der Waals surface area contributed by atoms with Gasteiger partial charge in [0.05, 0.1) is 0 Å². The molecule has 0 saturated carbocycles. The number of aromatic nitrogens is 2. The molecule has 2 atom stereocenters. The van der Waals surface area contributed by atoms with Crippen molar-refractivity contribution in [3.8, 4) is 0 Å². The van der Waals surface area contributed by atoms with Crippen LogP contribution in [0, 0.1) is 0 Å². The van der Waals surface area contributed by atoms with Gasteiger partial charge in [0.2, 0.25) is 0 Å². The first-order valence-electron chi connectivity index (χ1n) is 4.40. The molecule has 2 rings (SSSR count). The van der Waals surface area contributed by atoms with Crippen molar-refractivity contribution < 1.29 is 10.2 Å². The molecule has 4 nitrogen and oxygen atoms in total. The molecule has 14 heavy (non-hydrogen) atoms. The van der Waals surface area contributed by atoms with E-state index in [1.165, 1.54) is 0 Å². The van der Waals surface area contributed by atoms with E-state index in [0.29, 0.717) is 0 Å². The van der Waals surface area contributed by atoms with Crippen molar-refractivity contribution in [2.45, 2.75) is 12.5 Å². The van der Waals surface area contributed by atoms with E-state index in [1.807, 2.05) is 0 Å². The van der Waals surface area contributed by atoms with Gasteiger partial charge in [0.1, 0.15) is 0 Å². The van der Waals surface area contributed by atoms with Crippen molar-refractivity contribution in [3.63, 3.8) is 0 Å². The van der Waals surface area contributed by atoms with Gasteiger partial charge in [0, 0.05) is 24.8 Å². The van der Waals surface area contributed by atoms with Gasteiger partial charge in [-0.15, -0.1) is 0 Å². The maximum Gasteiger partial charge on any atom is 0.176 e. The zero-order valence-electron chi connectivity index (χ0n) is 7.56. The van der Waals surface area contributed by atoms with Crippen molar-refractivity contribution in [1.82, 2.24) is 9.13 Å². The van der Waals surface area contributed by atoms with E-state index in [0.717, 1.165) is 0 Å². The van der Waals surface area contributed by atoms with Crippen LogP contribution in [-0.4, -0.2) is 19.3 Å². The molecule has 0 saturated heterocycles. The molecule has 0 aliphatic rings. The Labute approximate surface area is 81.6 Å². The standard InChI is InChI=1S/C10H12N2O2/c13-9(11-5-1-2-6-11)10(14)12-7-3-4-8-12/h1-10,13-14H. The van der Waals surface area contributed by atoms with Gasteiger partial charge in [-0.1, -0.05) is 0 Å². The summed E-state index contributed by atoms with van der Waals surface area (Å²) in [4.78, 5) is 0. The molecule has 2 N–H and O–H groups in total. The number of hydrogen-bond acceptors (Lipinski definition) is 2. The lowest BCUT2D eigenvalue weighted by atomic mass is 10.4. The molecule has 2 unspecified atom stereocenters. The Balaban J connectivity index is 2.16.